The van der Waals surface area contributed by atoms with Gasteiger partial charge < -0.3 is 19.3 Å². The molecule has 146 valence electrons. The highest BCUT2D eigenvalue weighted by molar-refractivity contribution is 5.76. The van der Waals surface area contributed by atoms with E-state index in [1.54, 1.807) is 0 Å². The molecule has 0 aromatic heterocycles. The SMILES string of the molecule is COC(=O)C(OC)c1ccc(F)cc1.COC(C(=O)O)c1ccc(F)cc1. The molecule has 0 fully saturated rings. The first-order chi connectivity index (χ1) is 12.8. The van der Waals surface area contributed by atoms with Gasteiger partial charge in [-0.2, -0.15) is 0 Å². The second kappa shape index (κ2) is 11.0. The smallest absolute Gasteiger partial charge is 0.339 e. The van der Waals surface area contributed by atoms with E-state index >= 15 is 0 Å². The predicted octanol–water partition coefficient (Wildman–Crippen LogP) is 3.28. The zero-order valence-corrected chi connectivity index (χ0v) is 15.0. The van der Waals surface area contributed by atoms with Crippen molar-refractivity contribution in [2.45, 2.75) is 12.2 Å². The van der Waals surface area contributed by atoms with Crippen LogP contribution in [0.3, 0.4) is 0 Å². The highest BCUT2D eigenvalue weighted by Crippen LogP contribution is 2.18. The van der Waals surface area contributed by atoms with Gasteiger partial charge in [0, 0.05) is 14.2 Å². The molecule has 2 atom stereocenters. The Hall–Kier alpha value is -2.84. The molecule has 0 saturated carbocycles. The highest BCUT2D eigenvalue weighted by atomic mass is 19.1. The van der Waals surface area contributed by atoms with Gasteiger partial charge >= 0.3 is 11.9 Å². The molecule has 0 aliphatic carbocycles. The van der Waals surface area contributed by atoms with Crippen LogP contribution in [-0.2, 0) is 23.8 Å². The molecule has 0 heterocycles. The number of benzene rings is 2. The summed E-state index contributed by atoms with van der Waals surface area (Å²) in [4.78, 5) is 21.8. The normalized spacial score (nSPS) is 12.3. The number of carbonyl (C=O) groups is 2. The van der Waals surface area contributed by atoms with Crippen molar-refractivity contribution in [3.8, 4) is 0 Å². The maximum absolute atomic E-state index is 12.6. The Morgan fingerprint density at radius 3 is 1.44 bits per heavy atom. The van der Waals surface area contributed by atoms with Crippen LogP contribution >= 0.6 is 0 Å². The summed E-state index contributed by atoms with van der Waals surface area (Å²) < 4.78 is 39.2. The van der Waals surface area contributed by atoms with E-state index in [0.717, 1.165) is 0 Å². The summed E-state index contributed by atoms with van der Waals surface area (Å²) in [6.45, 7) is 0. The fourth-order valence-corrected chi connectivity index (χ4v) is 2.13. The van der Waals surface area contributed by atoms with Gasteiger partial charge in [0.25, 0.3) is 0 Å². The minimum Gasteiger partial charge on any atom is -0.479 e. The van der Waals surface area contributed by atoms with Crippen molar-refractivity contribution >= 4 is 11.9 Å². The van der Waals surface area contributed by atoms with E-state index in [0.29, 0.717) is 11.1 Å². The molecule has 27 heavy (non-hydrogen) atoms. The Balaban J connectivity index is 0.000000271. The van der Waals surface area contributed by atoms with Gasteiger partial charge in [-0.1, -0.05) is 24.3 Å². The number of aliphatic carboxylic acids is 1. The number of hydrogen-bond donors (Lipinski definition) is 1. The monoisotopic (exact) mass is 382 g/mol. The van der Waals surface area contributed by atoms with Crippen LogP contribution in [0.2, 0.25) is 0 Å². The van der Waals surface area contributed by atoms with Crippen LogP contribution < -0.4 is 0 Å². The number of methoxy groups -OCH3 is 3. The lowest BCUT2D eigenvalue weighted by molar-refractivity contribution is -0.152. The number of carboxylic acids is 1. The van der Waals surface area contributed by atoms with Gasteiger partial charge in [-0.05, 0) is 35.4 Å². The summed E-state index contributed by atoms with van der Waals surface area (Å²) in [7, 11) is 3.96. The summed E-state index contributed by atoms with van der Waals surface area (Å²) in [5.74, 6) is -2.34. The van der Waals surface area contributed by atoms with E-state index in [2.05, 4.69) is 4.74 Å². The van der Waals surface area contributed by atoms with Gasteiger partial charge in [-0.15, -0.1) is 0 Å². The molecule has 1 N–H and O–H groups in total. The molecular weight excluding hydrogens is 362 g/mol. The van der Waals surface area contributed by atoms with Crippen molar-refractivity contribution in [2.24, 2.45) is 0 Å². The third-order valence-electron chi connectivity index (χ3n) is 3.46. The standard InChI is InChI=1S/C10H11FO3.C9H9FO3/c1-13-9(10(12)14-2)7-3-5-8(11)6-4-7;1-13-8(9(11)12)6-2-4-7(10)5-3-6/h3-6,9H,1-2H3;2-5,8H,1H3,(H,11,12). The molecule has 0 radical (unpaired) electrons. The van der Waals surface area contributed by atoms with E-state index in [1.807, 2.05) is 0 Å². The highest BCUT2D eigenvalue weighted by Gasteiger charge is 2.20. The topological polar surface area (TPSA) is 82.1 Å². The van der Waals surface area contributed by atoms with Crippen molar-refractivity contribution in [3.05, 3.63) is 71.3 Å². The van der Waals surface area contributed by atoms with Crippen LogP contribution in [0.4, 0.5) is 8.78 Å². The maximum atomic E-state index is 12.6. The number of ether oxygens (including phenoxy) is 3. The number of carboxylic acid groups (broad SMARTS) is 1. The molecule has 0 bridgehead atoms. The number of halogens is 2. The Kier molecular flexibility index (Phi) is 9.04. The predicted molar refractivity (Wildman–Crippen MR) is 92.0 cm³/mol. The number of hydrogen-bond acceptors (Lipinski definition) is 5. The number of carbonyl (C=O) groups excluding carboxylic acids is 1. The van der Waals surface area contributed by atoms with Crippen molar-refractivity contribution in [2.75, 3.05) is 21.3 Å². The minimum absolute atomic E-state index is 0.353. The van der Waals surface area contributed by atoms with Crippen LogP contribution in [0.25, 0.3) is 0 Å². The van der Waals surface area contributed by atoms with Crippen LogP contribution in [0, 0.1) is 11.6 Å². The molecule has 0 amide bonds. The van der Waals surface area contributed by atoms with Crippen LogP contribution in [0.1, 0.15) is 23.3 Å². The molecular formula is C19H20F2O6. The van der Waals surface area contributed by atoms with Crippen LogP contribution in [0.15, 0.2) is 48.5 Å². The van der Waals surface area contributed by atoms with Gasteiger partial charge in [0.1, 0.15) is 11.6 Å². The van der Waals surface area contributed by atoms with Gasteiger partial charge in [-0.25, -0.2) is 18.4 Å². The Morgan fingerprint density at radius 2 is 1.15 bits per heavy atom. The average Bonchev–Trinajstić information content (AvgIpc) is 2.66. The molecule has 8 heteroatoms. The third kappa shape index (κ3) is 6.76. The summed E-state index contributed by atoms with van der Waals surface area (Å²) in [6, 6.07) is 10.7. The largest absolute Gasteiger partial charge is 0.479 e. The fraction of sp³-hybridized carbons (Fsp3) is 0.263. The zero-order valence-electron chi connectivity index (χ0n) is 15.0. The maximum Gasteiger partial charge on any atom is 0.339 e. The first kappa shape index (κ1) is 22.2. The summed E-state index contributed by atoms with van der Waals surface area (Å²) in [5.41, 5.74) is 0.997. The second-order valence-electron chi connectivity index (χ2n) is 5.20. The summed E-state index contributed by atoms with van der Waals surface area (Å²) in [6.07, 6.45) is -1.82. The van der Waals surface area contributed by atoms with Gasteiger partial charge in [0.2, 0.25) is 0 Å². The van der Waals surface area contributed by atoms with Crippen LogP contribution in [0.5, 0.6) is 0 Å². The number of rotatable bonds is 6. The molecule has 2 rings (SSSR count). The lowest BCUT2D eigenvalue weighted by Crippen LogP contribution is -2.15. The van der Waals surface area contributed by atoms with E-state index in [9.17, 15) is 18.4 Å². The van der Waals surface area contributed by atoms with Crippen molar-refractivity contribution in [1.29, 1.82) is 0 Å². The quantitative estimate of drug-likeness (QED) is 0.772. The second-order valence-corrected chi connectivity index (χ2v) is 5.20. The van der Waals surface area contributed by atoms with Gasteiger partial charge in [-0.3, -0.25) is 0 Å². The summed E-state index contributed by atoms with van der Waals surface area (Å²) in [5, 5.41) is 8.68. The van der Waals surface area contributed by atoms with Crippen molar-refractivity contribution < 1.29 is 37.7 Å². The minimum atomic E-state index is -1.09. The zero-order chi connectivity index (χ0) is 20.4. The number of esters is 1. The molecule has 2 aromatic carbocycles. The Labute approximate surface area is 155 Å². The van der Waals surface area contributed by atoms with E-state index in [1.165, 1.54) is 69.9 Å². The molecule has 0 aliphatic heterocycles. The third-order valence-corrected chi connectivity index (χ3v) is 3.46. The van der Waals surface area contributed by atoms with Crippen molar-refractivity contribution in [3.63, 3.8) is 0 Å². The fourth-order valence-electron chi connectivity index (χ4n) is 2.13. The molecule has 0 aliphatic rings. The molecule has 0 saturated heterocycles. The van der Waals surface area contributed by atoms with Gasteiger partial charge in [0.05, 0.1) is 7.11 Å². The lowest BCUT2D eigenvalue weighted by Gasteiger charge is -2.12. The Morgan fingerprint density at radius 1 is 0.778 bits per heavy atom. The van der Waals surface area contributed by atoms with E-state index in [4.69, 9.17) is 14.6 Å². The lowest BCUT2D eigenvalue weighted by atomic mass is 10.1. The Bertz CT molecular complexity index is 731. The first-order valence-electron chi connectivity index (χ1n) is 7.71. The van der Waals surface area contributed by atoms with Gasteiger partial charge in [0.15, 0.2) is 12.2 Å². The molecule has 6 nitrogen and oxygen atoms in total. The molecule has 2 aromatic rings. The molecule has 0 spiro atoms. The summed E-state index contributed by atoms with van der Waals surface area (Å²) >= 11 is 0. The first-order valence-corrected chi connectivity index (χ1v) is 7.71. The van der Waals surface area contributed by atoms with Crippen molar-refractivity contribution in [1.82, 2.24) is 0 Å². The molecule has 2 unspecified atom stereocenters. The average molecular weight is 382 g/mol. The van der Waals surface area contributed by atoms with E-state index < -0.39 is 30.0 Å². The van der Waals surface area contributed by atoms with E-state index in [-0.39, 0.29) is 5.82 Å². The van der Waals surface area contributed by atoms with Crippen LogP contribution in [-0.4, -0.2) is 38.4 Å².